The Morgan fingerprint density at radius 1 is 1.19 bits per heavy atom. The molecule has 0 amide bonds. The number of ether oxygens (including phenoxy) is 1. The lowest BCUT2D eigenvalue weighted by molar-refractivity contribution is 0.0961. The summed E-state index contributed by atoms with van der Waals surface area (Å²) in [4.78, 5) is 13.7. The summed E-state index contributed by atoms with van der Waals surface area (Å²) >= 11 is 6.07. The molecule has 3 aromatic rings. The first kappa shape index (κ1) is 18.1. The second-order valence-corrected chi connectivity index (χ2v) is 6.60. The normalized spacial score (nSPS) is 11.0. The molecule has 6 nitrogen and oxygen atoms in total. The number of hydrogen-bond acceptors (Lipinski definition) is 5. The maximum Gasteiger partial charge on any atom is 0.204 e. The van der Waals surface area contributed by atoms with Crippen molar-refractivity contribution < 1.29 is 9.53 Å². The molecule has 0 aliphatic carbocycles. The molecule has 0 unspecified atom stereocenters. The van der Waals surface area contributed by atoms with Gasteiger partial charge in [0.2, 0.25) is 5.82 Å². The first-order chi connectivity index (χ1) is 12.5. The van der Waals surface area contributed by atoms with Crippen LogP contribution < -0.4 is 4.74 Å². The minimum absolute atomic E-state index is 0.0142. The Kier molecular flexibility index (Phi) is 5.32. The molecule has 0 aliphatic heterocycles. The van der Waals surface area contributed by atoms with Crippen LogP contribution in [-0.4, -0.2) is 33.1 Å². The van der Waals surface area contributed by atoms with Crippen LogP contribution in [0.4, 0.5) is 0 Å². The molecule has 0 saturated carbocycles. The van der Waals surface area contributed by atoms with E-state index >= 15 is 0 Å². The zero-order valence-corrected chi connectivity index (χ0v) is 15.6. The Hall–Kier alpha value is -2.73. The summed E-state index contributed by atoms with van der Waals surface area (Å²) in [7, 11) is 1.53. The van der Waals surface area contributed by atoms with Gasteiger partial charge in [0.15, 0.2) is 5.78 Å². The number of halogens is 1. The molecule has 0 aliphatic rings. The predicted molar refractivity (Wildman–Crippen MR) is 99.7 cm³/mol. The van der Waals surface area contributed by atoms with Crippen molar-refractivity contribution in [1.82, 2.24) is 20.2 Å². The number of aromatic nitrogens is 4. The Labute approximate surface area is 156 Å². The van der Waals surface area contributed by atoms with E-state index in [1.807, 2.05) is 24.3 Å². The van der Waals surface area contributed by atoms with Crippen molar-refractivity contribution in [1.29, 1.82) is 0 Å². The predicted octanol–water partition coefficient (Wildman–Crippen LogP) is 4.01. The lowest BCUT2D eigenvalue weighted by Crippen LogP contribution is -2.13. The smallest absolute Gasteiger partial charge is 0.204 e. The fourth-order valence-electron chi connectivity index (χ4n) is 2.50. The standard InChI is InChI=1S/C19H19ClN4O2/c1-12(2)13-4-6-14(7-5-13)19-21-23-24(22-19)11-17(25)15-8-9-18(26-3)16(20)10-15/h4-10,12H,11H2,1-3H3. The van der Waals surface area contributed by atoms with Crippen LogP contribution in [0.15, 0.2) is 42.5 Å². The third-order valence-corrected chi connectivity index (χ3v) is 4.34. The van der Waals surface area contributed by atoms with Gasteiger partial charge in [-0.05, 0) is 34.9 Å². The van der Waals surface area contributed by atoms with E-state index in [1.54, 1.807) is 18.2 Å². The van der Waals surface area contributed by atoms with Crippen LogP contribution in [0.25, 0.3) is 11.4 Å². The van der Waals surface area contributed by atoms with Crippen molar-refractivity contribution in [3.05, 3.63) is 58.6 Å². The highest BCUT2D eigenvalue weighted by Crippen LogP contribution is 2.25. The van der Waals surface area contributed by atoms with Crippen LogP contribution in [0.3, 0.4) is 0 Å². The molecule has 7 heteroatoms. The molecule has 0 radical (unpaired) electrons. The maximum atomic E-state index is 12.4. The number of ketones is 1. The van der Waals surface area contributed by atoms with E-state index in [9.17, 15) is 4.79 Å². The molecule has 3 rings (SSSR count). The summed E-state index contributed by atoms with van der Waals surface area (Å²) in [5.41, 5.74) is 2.57. The van der Waals surface area contributed by atoms with Gasteiger partial charge in [0.05, 0.1) is 12.1 Å². The van der Waals surface area contributed by atoms with Crippen LogP contribution in [0.5, 0.6) is 5.75 Å². The van der Waals surface area contributed by atoms with Gasteiger partial charge in [0.1, 0.15) is 12.3 Å². The molecule has 134 valence electrons. The number of carbonyl (C=O) groups excluding carboxylic acids is 1. The average molecular weight is 371 g/mol. The van der Waals surface area contributed by atoms with Crippen molar-refractivity contribution in [2.45, 2.75) is 26.3 Å². The maximum absolute atomic E-state index is 12.4. The molecule has 0 bridgehead atoms. The van der Waals surface area contributed by atoms with Crippen molar-refractivity contribution in [2.24, 2.45) is 0 Å². The summed E-state index contributed by atoms with van der Waals surface area (Å²) in [5.74, 6) is 1.31. The van der Waals surface area contributed by atoms with Crippen molar-refractivity contribution >= 4 is 17.4 Å². The van der Waals surface area contributed by atoms with Gasteiger partial charge in [-0.15, -0.1) is 10.2 Å². The second kappa shape index (κ2) is 7.66. The monoisotopic (exact) mass is 370 g/mol. The molecular formula is C19H19ClN4O2. The van der Waals surface area contributed by atoms with Gasteiger partial charge in [-0.3, -0.25) is 4.79 Å². The lowest BCUT2D eigenvalue weighted by Gasteiger charge is -2.05. The van der Waals surface area contributed by atoms with Gasteiger partial charge in [-0.2, -0.15) is 4.80 Å². The molecule has 0 saturated heterocycles. The highest BCUT2D eigenvalue weighted by atomic mass is 35.5. The highest BCUT2D eigenvalue weighted by molar-refractivity contribution is 6.32. The lowest BCUT2D eigenvalue weighted by atomic mass is 10.0. The first-order valence-electron chi connectivity index (χ1n) is 8.23. The van der Waals surface area contributed by atoms with E-state index in [2.05, 4.69) is 29.3 Å². The highest BCUT2D eigenvalue weighted by Gasteiger charge is 2.13. The summed E-state index contributed by atoms with van der Waals surface area (Å²) in [6, 6.07) is 12.9. The second-order valence-electron chi connectivity index (χ2n) is 6.19. The molecule has 1 aromatic heterocycles. The van der Waals surface area contributed by atoms with Gasteiger partial charge >= 0.3 is 0 Å². The van der Waals surface area contributed by atoms with E-state index in [0.29, 0.717) is 28.1 Å². The number of carbonyl (C=O) groups is 1. The third-order valence-electron chi connectivity index (χ3n) is 4.05. The Morgan fingerprint density at radius 3 is 2.54 bits per heavy atom. The molecule has 0 fully saturated rings. The van der Waals surface area contributed by atoms with E-state index in [-0.39, 0.29) is 12.3 Å². The van der Waals surface area contributed by atoms with Crippen molar-refractivity contribution in [2.75, 3.05) is 7.11 Å². The Balaban J connectivity index is 1.73. The molecule has 1 heterocycles. The molecule has 26 heavy (non-hydrogen) atoms. The van der Waals surface area contributed by atoms with Crippen LogP contribution in [0.1, 0.15) is 35.7 Å². The van der Waals surface area contributed by atoms with E-state index in [1.165, 1.54) is 17.5 Å². The molecular weight excluding hydrogens is 352 g/mol. The van der Waals surface area contributed by atoms with E-state index < -0.39 is 0 Å². The number of rotatable bonds is 6. The SMILES string of the molecule is COc1ccc(C(=O)Cn2nnc(-c3ccc(C(C)C)cc3)n2)cc1Cl. The topological polar surface area (TPSA) is 69.9 Å². The minimum Gasteiger partial charge on any atom is -0.495 e. The number of tetrazole rings is 1. The molecule has 0 N–H and O–H groups in total. The Morgan fingerprint density at radius 2 is 1.92 bits per heavy atom. The zero-order valence-electron chi connectivity index (χ0n) is 14.8. The summed E-state index contributed by atoms with van der Waals surface area (Å²) < 4.78 is 5.09. The van der Waals surface area contributed by atoms with Crippen molar-refractivity contribution in [3.63, 3.8) is 0 Å². The number of nitrogens with zero attached hydrogens (tertiary/aromatic N) is 4. The van der Waals surface area contributed by atoms with Crippen LogP contribution in [0.2, 0.25) is 5.02 Å². The summed E-state index contributed by atoms with van der Waals surface area (Å²) in [6.07, 6.45) is 0. The van der Waals surface area contributed by atoms with Gasteiger partial charge in [-0.25, -0.2) is 0 Å². The van der Waals surface area contributed by atoms with Gasteiger partial charge in [-0.1, -0.05) is 49.7 Å². The van der Waals surface area contributed by atoms with Crippen LogP contribution in [0, 0.1) is 0 Å². The fraction of sp³-hybridized carbons (Fsp3) is 0.263. The molecule has 0 atom stereocenters. The molecule has 0 spiro atoms. The van der Waals surface area contributed by atoms with Crippen LogP contribution >= 0.6 is 11.6 Å². The van der Waals surface area contributed by atoms with Crippen LogP contribution in [-0.2, 0) is 6.54 Å². The fourth-order valence-corrected chi connectivity index (χ4v) is 2.76. The number of hydrogen-bond donors (Lipinski definition) is 0. The third kappa shape index (κ3) is 3.91. The number of methoxy groups -OCH3 is 1. The quantitative estimate of drug-likeness (QED) is 0.613. The largest absolute Gasteiger partial charge is 0.495 e. The summed E-state index contributed by atoms with van der Waals surface area (Å²) in [6.45, 7) is 4.26. The number of benzene rings is 2. The summed E-state index contributed by atoms with van der Waals surface area (Å²) in [5, 5.41) is 12.7. The van der Waals surface area contributed by atoms with E-state index in [0.717, 1.165) is 5.56 Å². The van der Waals surface area contributed by atoms with Gasteiger partial charge < -0.3 is 4.74 Å². The molecule has 2 aromatic carbocycles. The minimum atomic E-state index is -0.159. The van der Waals surface area contributed by atoms with E-state index in [4.69, 9.17) is 16.3 Å². The number of Topliss-reactive ketones (excluding diaryl/α,β-unsaturated/α-hetero) is 1. The average Bonchev–Trinajstić information content (AvgIpc) is 3.10. The van der Waals surface area contributed by atoms with Crippen molar-refractivity contribution in [3.8, 4) is 17.1 Å². The first-order valence-corrected chi connectivity index (χ1v) is 8.60. The van der Waals surface area contributed by atoms with Gasteiger partial charge in [0.25, 0.3) is 0 Å². The Bertz CT molecular complexity index is 920. The zero-order chi connectivity index (χ0) is 18.7. The van der Waals surface area contributed by atoms with Gasteiger partial charge in [0, 0.05) is 11.1 Å².